The molecule has 1 fully saturated rings. The van der Waals surface area contributed by atoms with Crippen LogP contribution in [0.15, 0.2) is 30.6 Å². The van der Waals surface area contributed by atoms with Gasteiger partial charge in [0.15, 0.2) is 0 Å². The van der Waals surface area contributed by atoms with Crippen molar-refractivity contribution in [2.75, 3.05) is 24.6 Å². The number of carbonyl (C=O) groups is 1. The molecule has 1 saturated heterocycles. The SMILES string of the molecule is O=C(O)C(F)(F)F.OC1CCN(c2ncc(-c3ccc4c(c3)CCOC4)cn2)CC1. The summed E-state index contributed by atoms with van der Waals surface area (Å²) in [6.45, 7) is 3.15. The van der Waals surface area contributed by atoms with E-state index in [1.54, 1.807) is 0 Å². The number of alkyl halides is 3. The molecule has 0 bridgehead atoms. The van der Waals surface area contributed by atoms with Gasteiger partial charge in [0.2, 0.25) is 5.95 Å². The standard InChI is InChI=1S/C18H21N3O2.C2HF3O2/c22-17-3-6-21(7-4-17)18-19-10-16(11-20-18)13-1-2-15-12-23-8-5-14(15)9-13;3-2(4,5)1(6)7/h1-2,9-11,17,22H,3-8,12H2;(H,6,7). The van der Waals surface area contributed by atoms with Gasteiger partial charge in [-0.05, 0) is 36.0 Å². The summed E-state index contributed by atoms with van der Waals surface area (Å²) in [6, 6.07) is 6.49. The maximum atomic E-state index is 10.6. The van der Waals surface area contributed by atoms with Crippen molar-refractivity contribution in [2.24, 2.45) is 0 Å². The monoisotopic (exact) mass is 425 g/mol. The number of aliphatic hydroxyl groups is 1. The van der Waals surface area contributed by atoms with Gasteiger partial charge >= 0.3 is 12.1 Å². The Bertz CT molecular complexity index is 867. The minimum absolute atomic E-state index is 0.176. The third kappa shape index (κ3) is 5.67. The van der Waals surface area contributed by atoms with E-state index in [9.17, 15) is 18.3 Å². The Morgan fingerprint density at radius 1 is 1.10 bits per heavy atom. The zero-order chi connectivity index (χ0) is 21.7. The minimum Gasteiger partial charge on any atom is -0.475 e. The molecule has 0 aliphatic carbocycles. The number of hydrogen-bond acceptors (Lipinski definition) is 6. The van der Waals surface area contributed by atoms with Crippen molar-refractivity contribution in [3.8, 4) is 11.1 Å². The molecule has 10 heteroatoms. The molecule has 1 aromatic heterocycles. The molecule has 0 spiro atoms. The molecule has 1 aromatic carbocycles. The first-order chi connectivity index (χ1) is 14.2. The first kappa shape index (κ1) is 22.0. The lowest BCUT2D eigenvalue weighted by Crippen LogP contribution is -2.36. The van der Waals surface area contributed by atoms with Crippen LogP contribution in [0.4, 0.5) is 19.1 Å². The predicted octanol–water partition coefficient (Wildman–Crippen LogP) is 2.81. The minimum atomic E-state index is -5.08. The van der Waals surface area contributed by atoms with Crippen molar-refractivity contribution in [2.45, 2.75) is 38.1 Å². The summed E-state index contributed by atoms with van der Waals surface area (Å²) < 4.78 is 37.2. The number of aliphatic hydroxyl groups excluding tert-OH is 1. The average molecular weight is 425 g/mol. The van der Waals surface area contributed by atoms with E-state index in [4.69, 9.17) is 14.6 Å². The van der Waals surface area contributed by atoms with Crippen LogP contribution in [0.2, 0.25) is 0 Å². The van der Waals surface area contributed by atoms with Gasteiger partial charge in [-0.3, -0.25) is 0 Å². The van der Waals surface area contributed by atoms with Gasteiger partial charge in [0.25, 0.3) is 0 Å². The smallest absolute Gasteiger partial charge is 0.475 e. The summed E-state index contributed by atoms with van der Waals surface area (Å²) in [6.07, 6.45) is 1.09. The number of aromatic nitrogens is 2. The van der Waals surface area contributed by atoms with Gasteiger partial charge < -0.3 is 19.8 Å². The van der Waals surface area contributed by atoms with Crippen molar-refractivity contribution in [3.63, 3.8) is 0 Å². The lowest BCUT2D eigenvalue weighted by atomic mass is 9.98. The van der Waals surface area contributed by atoms with Gasteiger partial charge in [-0.25, -0.2) is 14.8 Å². The highest BCUT2D eigenvalue weighted by Gasteiger charge is 2.38. The van der Waals surface area contributed by atoms with Gasteiger partial charge in [0, 0.05) is 31.0 Å². The van der Waals surface area contributed by atoms with E-state index in [1.807, 2.05) is 12.4 Å². The number of halogens is 3. The van der Waals surface area contributed by atoms with E-state index in [0.29, 0.717) is 6.61 Å². The van der Waals surface area contributed by atoms with E-state index in [1.165, 1.54) is 11.1 Å². The molecule has 2 aliphatic heterocycles. The molecule has 2 aromatic rings. The second-order valence-electron chi connectivity index (χ2n) is 7.08. The van der Waals surface area contributed by atoms with Gasteiger partial charge in [0.05, 0.1) is 19.3 Å². The van der Waals surface area contributed by atoms with Crippen molar-refractivity contribution >= 4 is 11.9 Å². The van der Waals surface area contributed by atoms with Gasteiger partial charge in [-0.1, -0.05) is 18.2 Å². The molecular weight excluding hydrogens is 403 g/mol. The number of nitrogens with zero attached hydrogens (tertiary/aromatic N) is 3. The molecular formula is C20H22F3N3O4. The molecule has 0 amide bonds. The molecule has 30 heavy (non-hydrogen) atoms. The second-order valence-corrected chi connectivity index (χ2v) is 7.08. The fraction of sp³-hybridized carbons (Fsp3) is 0.450. The summed E-state index contributed by atoms with van der Waals surface area (Å²) in [4.78, 5) is 20.1. The number of fused-ring (bicyclic) bond motifs is 1. The number of hydrogen-bond donors (Lipinski definition) is 2. The van der Waals surface area contributed by atoms with E-state index in [2.05, 4.69) is 33.1 Å². The lowest BCUT2D eigenvalue weighted by molar-refractivity contribution is -0.192. The third-order valence-electron chi connectivity index (χ3n) is 4.94. The maximum absolute atomic E-state index is 10.6. The predicted molar refractivity (Wildman–Crippen MR) is 102 cm³/mol. The number of aliphatic carboxylic acids is 1. The largest absolute Gasteiger partial charge is 0.490 e. The number of ether oxygens (including phenoxy) is 1. The fourth-order valence-corrected chi connectivity index (χ4v) is 3.24. The van der Waals surface area contributed by atoms with Crippen LogP contribution in [0.25, 0.3) is 11.1 Å². The number of benzene rings is 1. The number of carboxylic acid groups (broad SMARTS) is 1. The molecule has 0 unspecified atom stereocenters. The van der Waals surface area contributed by atoms with Crippen LogP contribution in [0, 0.1) is 0 Å². The van der Waals surface area contributed by atoms with E-state index < -0.39 is 12.1 Å². The molecule has 0 saturated carbocycles. The Balaban J connectivity index is 0.000000318. The lowest BCUT2D eigenvalue weighted by Gasteiger charge is -2.29. The zero-order valence-corrected chi connectivity index (χ0v) is 16.1. The van der Waals surface area contributed by atoms with Crippen molar-refractivity contribution in [1.82, 2.24) is 9.97 Å². The maximum Gasteiger partial charge on any atom is 0.490 e. The highest BCUT2D eigenvalue weighted by atomic mass is 19.4. The van der Waals surface area contributed by atoms with Crippen molar-refractivity contribution < 1.29 is 32.9 Å². The van der Waals surface area contributed by atoms with Crippen LogP contribution in [0.1, 0.15) is 24.0 Å². The van der Waals surface area contributed by atoms with E-state index in [0.717, 1.165) is 56.0 Å². The Morgan fingerprint density at radius 2 is 1.73 bits per heavy atom. The number of carboxylic acids is 1. The van der Waals surface area contributed by atoms with Gasteiger partial charge in [-0.15, -0.1) is 0 Å². The normalized spacial score (nSPS) is 17.0. The van der Waals surface area contributed by atoms with Crippen LogP contribution in [-0.4, -0.2) is 58.1 Å². The number of anilines is 1. The fourth-order valence-electron chi connectivity index (χ4n) is 3.24. The van der Waals surface area contributed by atoms with Crippen LogP contribution in [0.5, 0.6) is 0 Å². The first-order valence-electron chi connectivity index (χ1n) is 9.49. The third-order valence-corrected chi connectivity index (χ3v) is 4.94. The molecule has 3 heterocycles. The van der Waals surface area contributed by atoms with Crippen LogP contribution in [0.3, 0.4) is 0 Å². The molecule has 4 rings (SSSR count). The molecule has 0 radical (unpaired) electrons. The summed E-state index contributed by atoms with van der Waals surface area (Å²) in [5.74, 6) is -2.00. The van der Waals surface area contributed by atoms with E-state index >= 15 is 0 Å². The Kier molecular flexibility index (Phi) is 6.88. The van der Waals surface area contributed by atoms with E-state index in [-0.39, 0.29) is 6.10 Å². The highest BCUT2D eigenvalue weighted by molar-refractivity contribution is 5.73. The Hall–Kier alpha value is -2.72. The molecule has 7 nitrogen and oxygen atoms in total. The second kappa shape index (κ2) is 9.40. The Labute approximate surface area is 171 Å². The van der Waals surface area contributed by atoms with Crippen molar-refractivity contribution in [3.05, 3.63) is 41.7 Å². The highest BCUT2D eigenvalue weighted by Crippen LogP contribution is 2.25. The van der Waals surface area contributed by atoms with Gasteiger partial charge in [0.1, 0.15) is 0 Å². The number of piperidine rings is 1. The quantitative estimate of drug-likeness (QED) is 0.764. The van der Waals surface area contributed by atoms with Crippen LogP contribution < -0.4 is 4.90 Å². The van der Waals surface area contributed by atoms with Crippen LogP contribution >= 0.6 is 0 Å². The van der Waals surface area contributed by atoms with Crippen molar-refractivity contribution in [1.29, 1.82) is 0 Å². The summed E-state index contributed by atoms with van der Waals surface area (Å²) in [7, 11) is 0. The molecule has 2 N–H and O–H groups in total. The summed E-state index contributed by atoms with van der Waals surface area (Å²) in [5, 5.41) is 16.7. The Morgan fingerprint density at radius 3 is 2.33 bits per heavy atom. The molecule has 2 aliphatic rings. The number of rotatable bonds is 2. The van der Waals surface area contributed by atoms with Crippen LogP contribution in [-0.2, 0) is 22.6 Å². The summed E-state index contributed by atoms with van der Waals surface area (Å²) in [5.41, 5.74) is 4.85. The first-order valence-corrected chi connectivity index (χ1v) is 9.49. The molecule has 162 valence electrons. The molecule has 0 atom stereocenters. The van der Waals surface area contributed by atoms with Gasteiger partial charge in [-0.2, -0.15) is 13.2 Å². The summed E-state index contributed by atoms with van der Waals surface area (Å²) >= 11 is 0. The topological polar surface area (TPSA) is 95.8 Å². The average Bonchev–Trinajstić information content (AvgIpc) is 2.74. The zero-order valence-electron chi connectivity index (χ0n) is 16.1.